The van der Waals surface area contributed by atoms with E-state index in [4.69, 9.17) is 16.0 Å². The average molecular weight is 566 g/mol. The Morgan fingerprint density at radius 1 is 1.00 bits per heavy atom. The predicted molar refractivity (Wildman–Crippen MR) is 149 cm³/mol. The van der Waals surface area contributed by atoms with E-state index in [1.807, 2.05) is 18.2 Å². The lowest BCUT2D eigenvalue weighted by Crippen LogP contribution is -2.41. The van der Waals surface area contributed by atoms with Crippen LogP contribution in [0.15, 0.2) is 71.6 Å². The molecule has 0 aliphatic rings. The highest BCUT2D eigenvalue weighted by Gasteiger charge is 2.37. The molecular formula is C28H34ClF2NO3SSi. The van der Waals surface area contributed by atoms with Gasteiger partial charge in [0.05, 0.1) is 16.6 Å². The van der Waals surface area contributed by atoms with E-state index in [2.05, 4.69) is 33.9 Å². The predicted octanol–water partition coefficient (Wildman–Crippen LogP) is 8.14. The van der Waals surface area contributed by atoms with Crippen LogP contribution in [0.3, 0.4) is 0 Å². The number of hydrogen-bond donors (Lipinski definition) is 0. The Labute approximate surface area is 225 Å². The molecule has 0 heterocycles. The van der Waals surface area contributed by atoms with Crippen molar-refractivity contribution in [2.75, 3.05) is 10.9 Å². The van der Waals surface area contributed by atoms with Gasteiger partial charge in [-0.25, -0.2) is 17.2 Å². The van der Waals surface area contributed by atoms with E-state index in [-0.39, 0.29) is 15.6 Å². The monoisotopic (exact) mass is 565 g/mol. The summed E-state index contributed by atoms with van der Waals surface area (Å²) in [6.45, 7) is 13.0. The van der Waals surface area contributed by atoms with Crippen molar-refractivity contribution in [3.63, 3.8) is 0 Å². The molecule has 0 radical (unpaired) electrons. The molecule has 3 aromatic carbocycles. The van der Waals surface area contributed by atoms with Gasteiger partial charge in [0, 0.05) is 17.7 Å². The number of nitrogens with zero attached hydrogens (tertiary/aromatic N) is 1. The molecule has 0 unspecified atom stereocenters. The zero-order chi connectivity index (χ0) is 27.6. The third-order valence-corrected chi connectivity index (χ3v) is 13.7. The van der Waals surface area contributed by atoms with Crippen molar-refractivity contribution < 1.29 is 21.6 Å². The maximum absolute atomic E-state index is 15.0. The summed E-state index contributed by atoms with van der Waals surface area (Å²) < 4.78 is 64.3. The van der Waals surface area contributed by atoms with Crippen molar-refractivity contribution >= 4 is 35.6 Å². The minimum Gasteiger partial charge on any atom is -0.416 e. The first-order valence-electron chi connectivity index (χ1n) is 12.1. The standard InChI is InChI=1S/C28H34ClF2NO3SSi/c1-20(25-10-8-7-9-21(25)17-18-35-37(5,6)28(2,3)4)32(27-19-23(30)13-16-26(27)31)36(33,34)24-14-11-22(29)12-15-24/h7-16,19-20H,17-18H2,1-6H3/t20-/m1/s1. The first kappa shape index (κ1) is 29.3. The molecule has 0 N–H and O–H groups in total. The van der Waals surface area contributed by atoms with E-state index >= 15 is 4.39 Å². The first-order valence-corrected chi connectivity index (χ1v) is 16.8. The molecule has 37 heavy (non-hydrogen) atoms. The average Bonchev–Trinajstić information content (AvgIpc) is 2.81. The molecule has 1 atom stereocenters. The third-order valence-electron chi connectivity index (χ3n) is 7.01. The number of anilines is 1. The highest BCUT2D eigenvalue weighted by molar-refractivity contribution is 7.92. The summed E-state index contributed by atoms with van der Waals surface area (Å²) in [5.74, 6) is -1.58. The number of hydrogen-bond acceptors (Lipinski definition) is 3. The van der Waals surface area contributed by atoms with Gasteiger partial charge >= 0.3 is 0 Å². The van der Waals surface area contributed by atoms with Crippen LogP contribution in [0.25, 0.3) is 0 Å². The topological polar surface area (TPSA) is 46.6 Å². The third kappa shape index (κ3) is 6.60. The molecule has 0 aliphatic carbocycles. The van der Waals surface area contributed by atoms with Crippen LogP contribution >= 0.6 is 11.6 Å². The SMILES string of the molecule is C[C@H](c1ccccc1CCO[Si](C)(C)C(C)(C)C)N(c1cc(F)ccc1F)S(=O)(=O)c1ccc(Cl)cc1. The number of halogens is 3. The fourth-order valence-electron chi connectivity index (χ4n) is 3.85. The molecule has 3 rings (SSSR count). The van der Waals surface area contributed by atoms with Crippen molar-refractivity contribution in [1.82, 2.24) is 0 Å². The summed E-state index contributed by atoms with van der Waals surface area (Å²) in [5.41, 5.74) is 1.19. The Balaban J connectivity index is 2.06. The quantitative estimate of drug-likeness (QED) is 0.246. The van der Waals surface area contributed by atoms with E-state index in [1.165, 1.54) is 24.3 Å². The second-order valence-electron chi connectivity index (χ2n) is 10.6. The lowest BCUT2D eigenvalue weighted by Gasteiger charge is -2.36. The Bertz CT molecular complexity index is 1340. The smallest absolute Gasteiger partial charge is 0.264 e. The van der Waals surface area contributed by atoms with Gasteiger partial charge < -0.3 is 4.43 Å². The van der Waals surface area contributed by atoms with Crippen LogP contribution in [0.2, 0.25) is 23.2 Å². The number of benzene rings is 3. The van der Waals surface area contributed by atoms with Crippen molar-refractivity contribution in [3.8, 4) is 0 Å². The van der Waals surface area contributed by atoms with Crippen molar-refractivity contribution in [2.24, 2.45) is 0 Å². The van der Waals surface area contributed by atoms with Gasteiger partial charge in [-0.3, -0.25) is 4.31 Å². The molecule has 0 aliphatic heterocycles. The fourth-order valence-corrected chi connectivity index (χ4v) is 6.66. The van der Waals surface area contributed by atoms with Crippen LogP contribution in [0.1, 0.15) is 44.9 Å². The summed E-state index contributed by atoms with van der Waals surface area (Å²) in [4.78, 5) is -0.0776. The largest absolute Gasteiger partial charge is 0.416 e. The first-order chi connectivity index (χ1) is 17.1. The lowest BCUT2D eigenvalue weighted by molar-refractivity contribution is 0.291. The van der Waals surface area contributed by atoms with E-state index < -0.39 is 36.0 Å². The number of rotatable bonds is 9. The molecule has 0 aromatic heterocycles. The molecule has 0 spiro atoms. The van der Waals surface area contributed by atoms with Gasteiger partial charge in [0.2, 0.25) is 0 Å². The van der Waals surface area contributed by atoms with E-state index in [0.717, 1.165) is 28.1 Å². The Morgan fingerprint density at radius 3 is 2.24 bits per heavy atom. The maximum atomic E-state index is 15.0. The second-order valence-corrected chi connectivity index (χ2v) is 17.6. The van der Waals surface area contributed by atoms with Gasteiger partial charge in [0.15, 0.2) is 8.32 Å². The molecule has 0 saturated carbocycles. The van der Waals surface area contributed by atoms with Crippen molar-refractivity contribution in [2.45, 2.75) is 63.2 Å². The molecule has 3 aromatic rings. The molecule has 4 nitrogen and oxygen atoms in total. The van der Waals surface area contributed by atoms with Gasteiger partial charge in [0.25, 0.3) is 10.0 Å². The fraction of sp³-hybridized carbons (Fsp3) is 0.357. The van der Waals surface area contributed by atoms with Crippen LogP contribution in [-0.4, -0.2) is 23.3 Å². The Hall–Kier alpha value is -2.26. The van der Waals surface area contributed by atoms with Crippen molar-refractivity contribution in [3.05, 3.63) is 94.5 Å². The number of sulfonamides is 1. The molecule has 9 heteroatoms. The molecule has 0 fully saturated rings. The minimum absolute atomic E-state index is 0.0537. The normalized spacial score (nSPS) is 13.4. The van der Waals surface area contributed by atoms with Gasteiger partial charge in [-0.05, 0) is 79.0 Å². The minimum atomic E-state index is -4.29. The van der Waals surface area contributed by atoms with Crippen LogP contribution in [-0.2, 0) is 20.9 Å². The van der Waals surface area contributed by atoms with Crippen LogP contribution in [0.4, 0.5) is 14.5 Å². The summed E-state index contributed by atoms with van der Waals surface area (Å²) >= 11 is 5.97. The zero-order valence-electron chi connectivity index (χ0n) is 22.1. The molecule has 0 amide bonds. The molecular weight excluding hydrogens is 532 g/mol. The Morgan fingerprint density at radius 2 is 1.62 bits per heavy atom. The maximum Gasteiger partial charge on any atom is 0.264 e. The van der Waals surface area contributed by atoms with Crippen LogP contribution in [0.5, 0.6) is 0 Å². The van der Waals surface area contributed by atoms with Gasteiger partial charge in [-0.2, -0.15) is 0 Å². The molecule has 0 saturated heterocycles. The van der Waals surface area contributed by atoms with E-state index in [1.54, 1.807) is 13.0 Å². The molecule has 200 valence electrons. The van der Waals surface area contributed by atoms with Gasteiger partial charge in [-0.15, -0.1) is 0 Å². The highest BCUT2D eigenvalue weighted by atomic mass is 35.5. The van der Waals surface area contributed by atoms with Crippen molar-refractivity contribution in [1.29, 1.82) is 0 Å². The lowest BCUT2D eigenvalue weighted by atomic mass is 9.99. The summed E-state index contributed by atoms with van der Waals surface area (Å²) in [7, 11) is -6.27. The van der Waals surface area contributed by atoms with E-state index in [0.29, 0.717) is 23.6 Å². The Kier molecular flexibility index (Phi) is 8.89. The summed E-state index contributed by atoms with van der Waals surface area (Å²) in [6.07, 6.45) is 0.549. The van der Waals surface area contributed by atoms with Crippen LogP contribution in [0, 0.1) is 11.6 Å². The summed E-state index contributed by atoms with van der Waals surface area (Å²) in [5, 5.41) is 0.417. The highest BCUT2D eigenvalue weighted by Crippen LogP contribution is 2.38. The van der Waals surface area contributed by atoms with Crippen LogP contribution < -0.4 is 4.31 Å². The van der Waals surface area contributed by atoms with E-state index in [9.17, 15) is 12.8 Å². The van der Waals surface area contributed by atoms with Gasteiger partial charge in [0.1, 0.15) is 11.6 Å². The zero-order valence-corrected chi connectivity index (χ0v) is 24.6. The second kappa shape index (κ2) is 11.2. The van der Waals surface area contributed by atoms with Gasteiger partial charge in [-0.1, -0.05) is 56.6 Å². The molecule has 0 bridgehead atoms. The summed E-state index contributed by atoms with van der Waals surface area (Å²) in [6, 6.07) is 15.0.